The molecule has 0 spiro atoms. The molecule has 0 aliphatic heterocycles. The Bertz CT molecular complexity index is 1060. The Morgan fingerprint density at radius 1 is 1.03 bits per heavy atom. The lowest BCUT2D eigenvalue weighted by atomic mass is 10.1. The van der Waals surface area contributed by atoms with E-state index in [0.717, 1.165) is 22.6 Å². The summed E-state index contributed by atoms with van der Waals surface area (Å²) in [6.45, 7) is 1.67. The highest BCUT2D eigenvalue weighted by Crippen LogP contribution is 2.27. The quantitative estimate of drug-likeness (QED) is 0.217. The van der Waals surface area contributed by atoms with Gasteiger partial charge < -0.3 is 14.2 Å². The second-order valence-corrected chi connectivity index (χ2v) is 7.49. The minimum absolute atomic E-state index is 0.148. The van der Waals surface area contributed by atoms with Gasteiger partial charge in [-0.3, -0.25) is 4.79 Å². The number of aromatic nitrogens is 2. The number of carbonyl (C=O) groups is 1. The summed E-state index contributed by atoms with van der Waals surface area (Å²) in [6.07, 6.45) is 3.42. The Labute approximate surface area is 191 Å². The smallest absolute Gasteiger partial charge is 0.277 e. The highest BCUT2D eigenvalue weighted by Gasteiger charge is 2.09. The molecular weight excluding hydrogens is 428 g/mol. The van der Waals surface area contributed by atoms with Crippen LogP contribution in [0.3, 0.4) is 0 Å². The lowest BCUT2D eigenvalue weighted by molar-refractivity contribution is -0.123. The van der Waals surface area contributed by atoms with Crippen molar-refractivity contribution in [3.63, 3.8) is 0 Å². The number of carbonyl (C=O) groups excluding carboxylic acids is 1. The van der Waals surface area contributed by atoms with Crippen LogP contribution in [0.2, 0.25) is 0 Å². The van der Waals surface area contributed by atoms with E-state index in [0.29, 0.717) is 22.4 Å². The fourth-order valence-electron chi connectivity index (χ4n) is 2.68. The van der Waals surface area contributed by atoms with Crippen LogP contribution in [-0.4, -0.2) is 42.4 Å². The molecule has 3 aromatic rings. The number of amides is 1. The predicted octanol–water partition coefficient (Wildman–Crippen LogP) is 3.71. The minimum atomic E-state index is -0.356. The van der Waals surface area contributed by atoms with Crippen molar-refractivity contribution in [2.75, 3.05) is 20.8 Å². The molecule has 1 amide bonds. The molecule has 0 saturated heterocycles. The minimum Gasteiger partial charge on any atom is -0.497 e. The highest BCUT2D eigenvalue weighted by atomic mass is 32.2. The Balaban J connectivity index is 1.58. The number of nitrogens with one attached hydrogen (secondary N) is 1. The Hall–Kier alpha value is -3.59. The largest absolute Gasteiger partial charge is 0.497 e. The molecule has 0 unspecified atom stereocenters. The molecule has 0 aliphatic carbocycles. The van der Waals surface area contributed by atoms with E-state index >= 15 is 0 Å². The van der Waals surface area contributed by atoms with Gasteiger partial charge in [0, 0.05) is 23.7 Å². The lowest BCUT2D eigenvalue weighted by Crippen LogP contribution is -2.25. The van der Waals surface area contributed by atoms with Gasteiger partial charge in [-0.1, -0.05) is 11.8 Å². The van der Waals surface area contributed by atoms with Crippen LogP contribution in [0.25, 0.3) is 0 Å². The van der Waals surface area contributed by atoms with Gasteiger partial charge in [-0.05, 0) is 61.0 Å². The second kappa shape index (κ2) is 11.7. The third kappa shape index (κ3) is 6.71. The van der Waals surface area contributed by atoms with E-state index in [2.05, 4.69) is 20.5 Å². The molecule has 0 saturated carbocycles. The molecule has 8 nitrogen and oxygen atoms in total. The van der Waals surface area contributed by atoms with Gasteiger partial charge in [0.05, 0.1) is 19.9 Å². The lowest BCUT2D eigenvalue weighted by Gasteiger charge is -2.11. The number of benzene rings is 2. The van der Waals surface area contributed by atoms with Crippen molar-refractivity contribution >= 4 is 23.4 Å². The van der Waals surface area contributed by atoms with Crippen molar-refractivity contribution in [3.8, 4) is 17.2 Å². The molecule has 0 fully saturated rings. The van der Waals surface area contributed by atoms with Gasteiger partial charge >= 0.3 is 0 Å². The molecule has 2 aromatic carbocycles. The number of nitrogens with zero attached hydrogens (tertiary/aromatic N) is 3. The highest BCUT2D eigenvalue weighted by molar-refractivity contribution is 7.98. The summed E-state index contributed by atoms with van der Waals surface area (Å²) in [4.78, 5) is 20.5. The van der Waals surface area contributed by atoms with Crippen molar-refractivity contribution in [2.24, 2.45) is 5.10 Å². The summed E-state index contributed by atoms with van der Waals surface area (Å²) in [5.74, 6) is 2.33. The Kier molecular flexibility index (Phi) is 8.44. The van der Waals surface area contributed by atoms with Gasteiger partial charge in [0.15, 0.2) is 11.8 Å². The van der Waals surface area contributed by atoms with Gasteiger partial charge in [0.25, 0.3) is 5.91 Å². The molecule has 166 valence electrons. The average molecular weight is 453 g/mol. The third-order valence-corrected chi connectivity index (χ3v) is 5.30. The fourth-order valence-corrected chi connectivity index (χ4v) is 3.46. The van der Waals surface area contributed by atoms with Crippen LogP contribution in [0, 0.1) is 0 Å². The molecule has 1 aromatic heterocycles. The van der Waals surface area contributed by atoms with E-state index in [-0.39, 0.29) is 12.5 Å². The van der Waals surface area contributed by atoms with Gasteiger partial charge in [-0.15, -0.1) is 0 Å². The first-order valence-electron chi connectivity index (χ1n) is 9.76. The van der Waals surface area contributed by atoms with Crippen molar-refractivity contribution in [1.82, 2.24) is 15.4 Å². The van der Waals surface area contributed by atoms with Gasteiger partial charge in [0.1, 0.15) is 17.2 Å². The van der Waals surface area contributed by atoms with E-state index in [1.807, 2.05) is 25.1 Å². The van der Waals surface area contributed by atoms with E-state index in [9.17, 15) is 4.79 Å². The Morgan fingerprint density at radius 3 is 2.44 bits per heavy atom. The summed E-state index contributed by atoms with van der Waals surface area (Å²) >= 11 is 1.51. The summed E-state index contributed by atoms with van der Waals surface area (Å²) in [5.41, 5.74) is 5.03. The molecule has 32 heavy (non-hydrogen) atoms. The van der Waals surface area contributed by atoms with Crippen LogP contribution in [-0.2, 0) is 10.5 Å². The first-order chi connectivity index (χ1) is 15.6. The zero-order valence-corrected chi connectivity index (χ0v) is 18.9. The molecular formula is C23H24N4O4S. The number of rotatable bonds is 10. The Morgan fingerprint density at radius 2 is 1.75 bits per heavy atom. The number of ether oxygens (including phenoxy) is 3. The zero-order valence-electron chi connectivity index (χ0n) is 18.1. The van der Waals surface area contributed by atoms with Crippen LogP contribution in [0.5, 0.6) is 17.2 Å². The third-order valence-electron chi connectivity index (χ3n) is 4.37. The second-order valence-electron chi connectivity index (χ2n) is 6.54. The van der Waals surface area contributed by atoms with Crippen LogP contribution in [0.15, 0.2) is 71.2 Å². The number of hydrazone groups is 1. The van der Waals surface area contributed by atoms with E-state index < -0.39 is 0 Å². The van der Waals surface area contributed by atoms with Crippen molar-refractivity contribution < 1.29 is 19.0 Å². The average Bonchev–Trinajstić information content (AvgIpc) is 2.85. The molecule has 0 bridgehead atoms. The molecule has 0 radical (unpaired) electrons. The van der Waals surface area contributed by atoms with E-state index in [1.165, 1.54) is 11.8 Å². The maximum absolute atomic E-state index is 12.1. The predicted molar refractivity (Wildman–Crippen MR) is 123 cm³/mol. The van der Waals surface area contributed by atoms with Gasteiger partial charge in [-0.25, -0.2) is 15.4 Å². The maximum Gasteiger partial charge on any atom is 0.277 e. The summed E-state index contributed by atoms with van der Waals surface area (Å²) in [7, 11) is 3.22. The fraction of sp³-hybridized carbons (Fsp3) is 0.217. The SMILES string of the molecule is COc1ccc(OCC(=O)NN=C(C)c2ccc(OC)c(CSc3ncccn3)c2)cc1. The van der Waals surface area contributed by atoms with Crippen LogP contribution in [0.1, 0.15) is 18.1 Å². The van der Waals surface area contributed by atoms with E-state index in [4.69, 9.17) is 14.2 Å². The number of hydrogen-bond acceptors (Lipinski definition) is 8. The van der Waals surface area contributed by atoms with Crippen molar-refractivity contribution in [2.45, 2.75) is 17.8 Å². The first kappa shape index (κ1) is 23.1. The van der Waals surface area contributed by atoms with Crippen LogP contribution in [0.4, 0.5) is 0 Å². The molecule has 9 heteroatoms. The van der Waals surface area contributed by atoms with Crippen LogP contribution < -0.4 is 19.6 Å². The summed E-state index contributed by atoms with van der Waals surface area (Å²) in [5, 5.41) is 4.88. The number of thioether (sulfide) groups is 1. The van der Waals surface area contributed by atoms with Gasteiger partial charge in [-0.2, -0.15) is 5.10 Å². The maximum atomic E-state index is 12.1. The number of hydrogen-bond donors (Lipinski definition) is 1. The first-order valence-corrected chi connectivity index (χ1v) is 10.7. The standard InChI is InChI=1S/C23H24N4O4S/c1-16(26-27-22(28)14-31-20-8-6-19(29-2)7-9-20)17-5-10-21(30-3)18(13-17)15-32-23-24-11-4-12-25-23/h4-13H,14-15H2,1-3H3,(H,27,28). The van der Waals surface area contributed by atoms with Crippen molar-refractivity contribution in [1.29, 1.82) is 0 Å². The van der Waals surface area contributed by atoms with Gasteiger partial charge in [0.2, 0.25) is 0 Å². The molecule has 0 aliphatic rings. The normalized spacial score (nSPS) is 11.0. The summed E-state index contributed by atoms with van der Waals surface area (Å²) in [6, 6.07) is 14.5. The van der Waals surface area contributed by atoms with Crippen LogP contribution >= 0.6 is 11.8 Å². The zero-order chi connectivity index (χ0) is 22.8. The number of methoxy groups -OCH3 is 2. The molecule has 1 heterocycles. The molecule has 3 rings (SSSR count). The molecule has 0 atom stereocenters. The molecule has 1 N–H and O–H groups in total. The van der Waals surface area contributed by atoms with Crippen molar-refractivity contribution in [3.05, 3.63) is 72.1 Å². The summed E-state index contributed by atoms with van der Waals surface area (Å²) < 4.78 is 16.0. The topological polar surface area (TPSA) is 94.9 Å². The monoisotopic (exact) mass is 452 g/mol. The van der Waals surface area contributed by atoms with E-state index in [1.54, 1.807) is 56.9 Å².